The van der Waals surface area contributed by atoms with Gasteiger partial charge in [-0.3, -0.25) is 4.79 Å². The highest BCUT2D eigenvalue weighted by Crippen LogP contribution is 2.29. The van der Waals surface area contributed by atoms with Crippen molar-refractivity contribution in [3.05, 3.63) is 0 Å². The van der Waals surface area contributed by atoms with Gasteiger partial charge in [-0.05, 0) is 25.0 Å². The van der Waals surface area contributed by atoms with Gasteiger partial charge in [-0.15, -0.1) is 0 Å². The van der Waals surface area contributed by atoms with Gasteiger partial charge >= 0.3 is 0 Å². The number of amides is 1. The molecule has 0 aromatic carbocycles. The van der Waals surface area contributed by atoms with Crippen molar-refractivity contribution in [1.82, 2.24) is 5.32 Å². The van der Waals surface area contributed by atoms with Gasteiger partial charge in [-0.2, -0.15) is 12.6 Å². The molecule has 2 heterocycles. The van der Waals surface area contributed by atoms with Crippen LogP contribution in [0.5, 0.6) is 0 Å². The Kier molecular flexibility index (Phi) is 16.6. The van der Waals surface area contributed by atoms with E-state index in [2.05, 4.69) is 17.9 Å². The van der Waals surface area contributed by atoms with Crippen molar-refractivity contribution < 1.29 is 59.5 Å². The van der Waals surface area contributed by atoms with E-state index in [-0.39, 0.29) is 19.9 Å². The molecule has 0 bridgehead atoms. The summed E-state index contributed by atoms with van der Waals surface area (Å²) < 4.78 is 21.9. The van der Waals surface area contributed by atoms with E-state index in [0.717, 1.165) is 25.7 Å². The average molecular weight is 560 g/mol. The molecule has 2 rings (SSSR count). The molecule has 37 heavy (non-hydrogen) atoms. The van der Waals surface area contributed by atoms with Crippen LogP contribution < -0.4 is 5.32 Å². The second-order valence-electron chi connectivity index (χ2n) is 8.97. The van der Waals surface area contributed by atoms with Crippen molar-refractivity contribution in [2.45, 2.75) is 107 Å². The van der Waals surface area contributed by atoms with E-state index in [0.29, 0.717) is 25.1 Å². The summed E-state index contributed by atoms with van der Waals surface area (Å²) in [5.74, 6) is 0.683. The molecular formula is C23H45NO12S. The average Bonchev–Trinajstić information content (AvgIpc) is 2.87. The van der Waals surface area contributed by atoms with E-state index >= 15 is 0 Å². The molecule has 6 unspecified atom stereocenters. The lowest BCUT2D eigenvalue weighted by molar-refractivity contribution is -0.360. The third kappa shape index (κ3) is 10.1. The predicted octanol–water partition coefficient (Wildman–Crippen LogP) is -2.35. The molecule has 8 N–H and O–H groups in total. The minimum absolute atomic E-state index is 0. The first kappa shape index (κ1) is 34.4. The molecule has 2 aliphatic rings. The number of carbonyl (C=O) groups is 1. The summed E-state index contributed by atoms with van der Waals surface area (Å²) >= 11 is 4.07. The summed E-state index contributed by atoms with van der Waals surface area (Å²) in [6.07, 6.45) is -10.5. The van der Waals surface area contributed by atoms with E-state index in [1.54, 1.807) is 0 Å². The van der Waals surface area contributed by atoms with Crippen LogP contribution in [0.25, 0.3) is 0 Å². The summed E-state index contributed by atoms with van der Waals surface area (Å²) in [6.45, 7) is -0.486. The normalized spacial score (nSPS) is 36.1. The Balaban J connectivity index is 0.00000684. The summed E-state index contributed by atoms with van der Waals surface area (Å²) in [7, 11) is 0. The van der Waals surface area contributed by atoms with Crippen molar-refractivity contribution >= 4 is 18.5 Å². The van der Waals surface area contributed by atoms with Crippen LogP contribution in [0.4, 0.5) is 0 Å². The standard InChI is InChI=1S/C22H41NO12S.CH4/c24-10-12-15(27)17(29)18(30)22(34-12)35-20-16(28)13(11-25)33-21(19(20)31)32-8-4-2-1-3-7-23-14(26)6-5-9-36;/h12-13,15-22,24-25,27-31,36H,1-11H2,(H,23,26);1H4/t12?,13?,15-,16-,17?,18?,19?,20?,21+,22+;/m0./s1. The number of unbranched alkanes of at least 4 members (excludes halogenated alkanes) is 3. The van der Waals surface area contributed by atoms with Gasteiger partial charge in [-0.25, -0.2) is 0 Å². The van der Waals surface area contributed by atoms with Gasteiger partial charge in [0.05, 0.1) is 13.2 Å². The fraction of sp³-hybridized carbons (Fsp3) is 0.957. The highest BCUT2D eigenvalue weighted by atomic mass is 32.1. The van der Waals surface area contributed by atoms with E-state index in [9.17, 15) is 40.5 Å². The molecule has 14 heteroatoms. The zero-order valence-corrected chi connectivity index (χ0v) is 21.1. The maximum atomic E-state index is 11.5. The Hall–Kier alpha value is -0.620. The van der Waals surface area contributed by atoms with E-state index in [1.165, 1.54) is 0 Å². The van der Waals surface area contributed by atoms with E-state index < -0.39 is 74.6 Å². The van der Waals surface area contributed by atoms with Crippen molar-refractivity contribution in [2.75, 3.05) is 32.1 Å². The van der Waals surface area contributed by atoms with Gasteiger partial charge in [0, 0.05) is 19.6 Å². The predicted molar refractivity (Wildman–Crippen MR) is 134 cm³/mol. The number of ether oxygens (including phenoxy) is 4. The number of hydrogen-bond acceptors (Lipinski definition) is 13. The molecule has 10 atom stereocenters. The van der Waals surface area contributed by atoms with Crippen LogP contribution >= 0.6 is 12.6 Å². The number of thiol groups is 1. The molecule has 2 fully saturated rings. The summed E-state index contributed by atoms with van der Waals surface area (Å²) in [6, 6.07) is 0. The number of aliphatic hydroxyl groups excluding tert-OH is 7. The molecule has 220 valence electrons. The van der Waals surface area contributed by atoms with Crippen LogP contribution in [0.15, 0.2) is 0 Å². The minimum atomic E-state index is -1.73. The number of carbonyl (C=O) groups excluding carboxylic acids is 1. The lowest BCUT2D eigenvalue weighted by Gasteiger charge is -2.45. The Morgan fingerprint density at radius 1 is 0.784 bits per heavy atom. The lowest BCUT2D eigenvalue weighted by Crippen LogP contribution is -2.64. The second kappa shape index (κ2) is 17.9. The van der Waals surface area contributed by atoms with Crippen LogP contribution in [-0.2, 0) is 23.7 Å². The quantitative estimate of drug-likeness (QED) is 0.0763. The highest BCUT2D eigenvalue weighted by Gasteiger charge is 2.50. The summed E-state index contributed by atoms with van der Waals surface area (Å²) in [5, 5.41) is 73.0. The first-order valence-corrected chi connectivity index (χ1v) is 13.0. The molecule has 0 aliphatic carbocycles. The van der Waals surface area contributed by atoms with Crippen molar-refractivity contribution in [1.29, 1.82) is 0 Å². The molecule has 13 nitrogen and oxygen atoms in total. The number of nitrogens with one attached hydrogen (secondary N) is 1. The third-order valence-electron chi connectivity index (χ3n) is 6.20. The van der Waals surface area contributed by atoms with Gasteiger partial charge in [0.1, 0.15) is 48.8 Å². The number of aliphatic hydroxyl groups is 7. The zero-order valence-electron chi connectivity index (χ0n) is 20.2. The van der Waals surface area contributed by atoms with Crippen molar-refractivity contribution in [3.63, 3.8) is 0 Å². The molecule has 2 saturated heterocycles. The molecule has 0 aromatic rings. The fourth-order valence-electron chi connectivity index (χ4n) is 4.02. The number of hydrogen-bond donors (Lipinski definition) is 9. The topological polar surface area (TPSA) is 208 Å². The van der Waals surface area contributed by atoms with Gasteiger partial charge < -0.3 is 60.0 Å². The first-order valence-electron chi connectivity index (χ1n) is 12.3. The van der Waals surface area contributed by atoms with Crippen molar-refractivity contribution in [3.8, 4) is 0 Å². The Labute approximate surface area is 223 Å². The SMILES string of the molecule is C.O=C(CCCS)NCCCCCCO[C@@H]1OC(CO)[C@H](O)C(O[C@H]2OC(CO)[C@H](O)C(O)C2O)C1O. The number of rotatable bonds is 15. The monoisotopic (exact) mass is 559 g/mol. The molecule has 0 aromatic heterocycles. The smallest absolute Gasteiger partial charge is 0.220 e. The summed E-state index contributed by atoms with van der Waals surface area (Å²) in [4.78, 5) is 11.5. The Morgan fingerprint density at radius 3 is 2.05 bits per heavy atom. The third-order valence-corrected chi connectivity index (χ3v) is 6.52. The minimum Gasteiger partial charge on any atom is -0.394 e. The van der Waals surface area contributed by atoms with Gasteiger partial charge in [0.15, 0.2) is 12.6 Å². The first-order chi connectivity index (χ1) is 17.2. The van der Waals surface area contributed by atoms with E-state index in [4.69, 9.17) is 18.9 Å². The largest absolute Gasteiger partial charge is 0.394 e. The zero-order chi connectivity index (χ0) is 26.7. The van der Waals surface area contributed by atoms with Crippen LogP contribution in [0.3, 0.4) is 0 Å². The van der Waals surface area contributed by atoms with Crippen LogP contribution in [0.2, 0.25) is 0 Å². The van der Waals surface area contributed by atoms with Gasteiger partial charge in [-0.1, -0.05) is 20.3 Å². The highest BCUT2D eigenvalue weighted by molar-refractivity contribution is 7.80. The molecule has 2 aliphatic heterocycles. The van der Waals surface area contributed by atoms with Crippen molar-refractivity contribution in [2.24, 2.45) is 0 Å². The second-order valence-corrected chi connectivity index (χ2v) is 9.41. The molecular weight excluding hydrogens is 514 g/mol. The van der Waals surface area contributed by atoms with Gasteiger partial charge in [0.25, 0.3) is 0 Å². The lowest BCUT2D eigenvalue weighted by atomic mass is 9.97. The molecule has 1 amide bonds. The molecule has 0 radical (unpaired) electrons. The fourth-order valence-corrected chi connectivity index (χ4v) is 4.18. The van der Waals surface area contributed by atoms with Crippen LogP contribution in [0.1, 0.15) is 46.0 Å². The molecule has 0 spiro atoms. The van der Waals surface area contributed by atoms with Crippen LogP contribution in [0, 0.1) is 0 Å². The molecule has 0 saturated carbocycles. The Morgan fingerprint density at radius 2 is 1.41 bits per heavy atom. The Bertz CT molecular complexity index is 633. The maximum absolute atomic E-state index is 11.5. The van der Waals surface area contributed by atoms with E-state index in [1.807, 2.05) is 0 Å². The van der Waals surface area contributed by atoms with Gasteiger partial charge in [0.2, 0.25) is 5.91 Å². The summed E-state index contributed by atoms with van der Waals surface area (Å²) in [5.41, 5.74) is 0. The maximum Gasteiger partial charge on any atom is 0.220 e. The van der Waals surface area contributed by atoms with Crippen LogP contribution in [-0.4, -0.2) is 135 Å².